The van der Waals surface area contributed by atoms with Crippen LogP contribution in [-0.2, 0) is 29.4 Å². The molecule has 10 nitrogen and oxygen atoms in total. The number of nitrogens with zero attached hydrogens (tertiary/aromatic N) is 4. The van der Waals surface area contributed by atoms with Crippen LogP contribution >= 0.6 is 11.6 Å². The van der Waals surface area contributed by atoms with Crippen molar-refractivity contribution >= 4 is 46.8 Å². The van der Waals surface area contributed by atoms with Gasteiger partial charge in [0, 0.05) is 42.6 Å². The Morgan fingerprint density at radius 1 is 0.850 bits per heavy atom. The van der Waals surface area contributed by atoms with E-state index in [4.69, 9.17) is 11.6 Å². The molecule has 1 saturated carbocycles. The first-order valence-electron chi connectivity index (χ1n) is 12.8. The molecular formula is C29H23ClN4O6. The van der Waals surface area contributed by atoms with E-state index in [9.17, 15) is 29.1 Å². The fourth-order valence-electron chi connectivity index (χ4n) is 7.98. The number of imide groups is 2. The number of allylic oxidation sites excluding steroid dienone is 1. The summed E-state index contributed by atoms with van der Waals surface area (Å²) in [4.78, 5) is 71.4. The maximum atomic E-state index is 14.1. The average Bonchev–Trinajstić information content (AvgIpc) is 3.49. The number of hydrogen-bond donors (Lipinski definition) is 1. The minimum Gasteiger partial charge on any atom is -0.507 e. The largest absolute Gasteiger partial charge is 0.507 e. The fourth-order valence-corrected chi connectivity index (χ4v) is 8.11. The minimum absolute atomic E-state index is 0.116. The SMILES string of the molecule is CC(=O)N1N=C(c2ccccc2O)C2=CC3(c4ccc(Cl)cc4)[C@@H]4C(=O)N(C)C(=O)[C@@H]4C21[C@@H]1C(=O)N(C)C(=O)[C@@H]13. The number of halogens is 1. The van der Waals surface area contributed by atoms with Crippen LogP contribution in [0.1, 0.15) is 18.1 Å². The highest BCUT2D eigenvalue weighted by molar-refractivity contribution is 6.30. The third-order valence-corrected chi connectivity index (χ3v) is 9.70. The number of hydrazone groups is 1. The van der Waals surface area contributed by atoms with Gasteiger partial charge in [0.1, 0.15) is 17.0 Å². The lowest BCUT2D eigenvalue weighted by molar-refractivity contribution is -0.162. The first kappa shape index (κ1) is 24.7. The number of benzene rings is 2. The highest BCUT2D eigenvalue weighted by Crippen LogP contribution is 2.71. The predicted octanol–water partition coefficient (Wildman–Crippen LogP) is 1.70. The summed E-state index contributed by atoms with van der Waals surface area (Å²) in [5, 5.41) is 17.0. The molecule has 3 fully saturated rings. The van der Waals surface area contributed by atoms with Crippen LogP contribution in [-0.4, -0.2) is 74.8 Å². The maximum absolute atomic E-state index is 14.1. The Balaban J connectivity index is 1.66. The van der Waals surface area contributed by atoms with Crippen LogP contribution in [0.4, 0.5) is 0 Å². The molecule has 3 heterocycles. The second-order valence-electron chi connectivity index (χ2n) is 11.0. The topological polar surface area (TPSA) is 128 Å². The Morgan fingerprint density at radius 3 is 1.90 bits per heavy atom. The van der Waals surface area contributed by atoms with Gasteiger partial charge in [0.25, 0.3) is 0 Å². The van der Waals surface area contributed by atoms with E-state index in [1.54, 1.807) is 48.5 Å². The highest BCUT2D eigenvalue weighted by Gasteiger charge is 2.84. The molecule has 11 heteroatoms. The van der Waals surface area contributed by atoms with Crippen LogP contribution in [0.5, 0.6) is 5.75 Å². The van der Waals surface area contributed by atoms with E-state index in [2.05, 4.69) is 5.10 Å². The first-order valence-corrected chi connectivity index (χ1v) is 13.2. The molecule has 40 heavy (non-hydrogen) atoms. The number of para-hydroxylation sites is 1. The van der Waals surface area contributed by atoms with E-state index >= 15 is 0 Å². The molecule has 6 atom stereocenters. The Kier molecular flexibility index (Phi) is 4.73. The molecule has 0 aromatic heterocycles. The zero-order valence-electron chi connectivity index (χ0n) is 21.7. The van der Waals surface area contributed by atoms with Gasteiger partial charge in [-0.25, -0.2) is 5.01 Å². The third-order valence-electron chi connectivity index (χ3n) is 9.45. The molecule has 8 rings (SSSR count). The highest BCUT2D eigenvalue weighted by atomic mass is 35.5. The predicted molar refractivity (Wildman–Crippen MR) is 141 cm³/mol. The van der Waals surface area contributed by atoms with Crippen LogP contribution in [0.25, 0.3) is 0 Å². The molecule has 3 aliphatic carbocycles. The molecule has 202 valence electrons. The zero-order valence-corrected chi connectivity index (χ0v) is 22.4. The van der Waals surface area contributed by atoms with E-state index < -0.39 is 64.2 Å². The van der Waals surface area contributed by atoms with E-state index in [-0.39, 0.29) is 11.5 Å². The molecule has 3 aliphatic heterocycles. The Hall–Kier alpha value is -4.31. The molecule has 6 aliphatic rings. The number of phenols is 1. The van der Waals surface area contributed by atoms with Gasteiger partial charge in [-0.2, -0.15) is 5.10 Å². The molecule has 2 bridgehead atoms. The van der Waals surface area contributed by atoms with Gasteiger partial charge in [0.05, 0.1) is 23.7 Å². The van der Waals surface area contributed by atoms with Crippen molar-refractivity contribution in [2.75, 3.05) is 14.1 Å². The Labute approximate surface area is 233 Å². The van der Waals surface area contributed by atoms with Crippen molar-refractivity contribution in [3.63, 3.8) is 0 Å². The average molecular weight is 559 g/mol. The number of hydrogen-bond acceptors (Lipinski definition) is 7. The zero-order chi connectivity index (χ0) is 28.5. The van der Waals surface area contributed by atoms with Gasteiger partial charge in [-0.3, -0.25) is 33.8 Å². The van der Waals surface area contributed by atoms with Crippen LogP contribution < -0.4 is 0 Å². The third kappa shape index (κ3) is 2.51. The number of aromatic hydroxyl groups is 1. The molecule has 2 aromatic carbocycles. The van der Waals surface area contributed by atoms with Gasteiger partial charge < -0.3 is 5.11 Å². The maximum Gasteiger partial charge on any atom is 0.240 e. The summed E-state index contributed by atoms with van der Waals surface area (Å²) >= 11 is 6.22. The van der Waals surface area contributed by atoms with Crippen LogP contribution in [0.2, 0.25) is 5.02 Å². The summed E-state index contributed by atoms with van der Waals surface area (Å²) in [6.45, 7) is 1.26. The summed E-state index contributed by atoms with van der Waals surface area (Å²) in [7, 11) is 2.75. The number of rotatable bonds is 2. The first-order chi connectivity index (χ1) is 19.0. The summed E-state index contributed by atoms with van der Waals surface area (Å²) in [6, 6.07) is 13.1. The van der Waals surface area contributed by atoms with Gasteiger partial charge in [0.2, 0.25) is 29.5 Å². The van der Waals surface area contributed by atoms with Crippen LogP contribution in [0, 0.1) is 23.7 Å². The van der Waals surface area contributed by atoms with E-state index in [1.807, 2.05) is 0 Å². The Morgan fingerprint density at radius 2 is 1.38 bits per heavy atom. The van der Waals surface area contributed by atoms with E-state index in [0.717, 1.165) is 14.8 Å². The van der Waals surface area contributed by atoms with Crippen molar-refractivity contribution in [1.29, 1.82) is 0 Å². The number of carbonyl (C=O) groups excluding carboxylic acids is 5. The van der Waals surface area contributed by atoms with Gasteiger partial charge in [-0.1, -0.05) is 41.9 Å². The van der Waals surface area contributed by atoms with Gasteiger partial charge in [0.15, 0.2) is 0 Å². The quantitative estimate of drug-likeness (QED) is 0.559. The number of carbonyl (C=O) groups is 5. The molecule has 1 N–H and O–H groups in total. The van der Waals surface area contributed by atoms with Crippen molar-refractivity contribution in [2.24, 2.45) is 28.8 Å². The molecule has 0 radical (unpaired) electrons. The smallest absolute Gasteiger partial charge is 0.240 e. The van der Waals surface area contributed by atoms with Crippen molar-refractivity contribution < 1.29 is 29.1 Å². The van der Waals surface area contributed by atoms with Crippen molar-refractivity contribution in [2.45, 2.75) is 17.9 Å². The van der Waals surface area contributed by atoms with Crippen molar-refractivity contribution in [3.05, 3.63) is 76.3 Å². The lowest BCUT2D eigenvalue weighted by atomic mass is 9.40. The number of phenolic OH excluding ortho intramolecular Hbond substituents is 1. The molecule has 2 unspecified atom stereocenters. The number of amides is 5. The lowest BCUT2D eigenvalue weighted by Crippen LogP contribution is -2.74. The van der Waals surface area contributed by atoms with Gasteiger partial charge >= 0.3 is 0 Å². The van der Waals surface area contributed by atoms with Crippen molar-refractivity contribution in [1.82, 2.24) is 14.8 Å². The summed E-state index contributed by atoms with van der Waals surface area (Å²) < 4.78 is 0. The Bertz CT molecular complexity index is 1620. The van der Waals surface area contributed by atoms with Crippen molar-refractivity contribution in [3.8, 4) is 5.75 Å². The van der Waals surface area contributed by atoms with E-state index in [1.165, 1.54) is 27.1 Å². The lowest BCUT2D eigenvalue weighted by Gasteiger charge is -2.61. The second kappa shape index (κ2) is 7.66. The summed E-state index contributed by atoms with van der Waals surface area (Å²) in [6.07, 6.45) is 1.75. The summed E-state index contributed by atoms with van der Waals surface area (Å²) in [5.74, 6) is -7.43. The fraction of sp³-hybridized carbons (Fsp3) is 0.310. The molecule has 5 amide bonds. The van der Waals surface area contributed by atoms with Gasteiger partial charge in [-0.15, -0.1) is 0 Å². The second-order valence-corrected chi connectivity index (χ2v) is 11.4. The van der Waals surface area contributed by atoms with Gasteiger partial charge in [-0.05, 0) is 29.8 Å². The van der Waals surface area contributed by atoms with Crippen LogP contribution in [0.15, 0.2) is 65.3 Å². The molecule has 2 aromatic rings. The molecular weight excluding hydrogens is 536 g/mol. The minimum atomic E-state index is -1.75. The van der Waals surface area contributed by atoms with E-state index in [0.29, 0.717) is 21.7 Å². The number of likely N-dealkylation sites (tertiary alicyclic amines) is 2. The monoisotopic (exact) mass is 558 g/mol. The standard InChI is InChI=1S/C29H23ClN4O6/c1-13(35)34-29-17(23(31-34)16-6-4-5-7-18(16)36)12-28(14-8-10-15(30)11-9-14,19-21(29)26(39)32(2)24(19)37)20-22(29)27(40)33(3)25(20)38/h4-12,19-22,36H,1-3H3/t19-,20+,21+,22-,28?,29?. The summed E-state index contributed by atoms with van der Waals surface area (Å²) in [5.41, 5.74) is -1.80. The molecule has 2 saturated heterocycles. The molecule has 1 spiro atoms. The normalized spacial score (nSPS) is 33.8. The van der Waals surface area contributed by atoms with Crippen LogP contribution in [0.3, 0.4) is 0 Å².